The third kappa shape index (κ3) is 2.75. The average molecular weight is 312 g/mol. The summed E-state index contributed by atoms with van der Waals surface area (Å²) in [5.74, 6) is 2.43. The molecule has 1 aromatic carbocycles. The summed E-state index contributed by atoms with van der Waals surface area (Å²) in [5, 5.41) is 6.07. The van der Waals surface area contributed by atoms with Gasteiger partial charge in [0.2, 0.25) is 5.91 Å². The fraction of sp³-hybridized carbons (Fsp3) is 0.579. The van der Waals surface area contributed by atoms with Crippen LogP contribution in [0.5, 0.6) is 0 Å². The first-order valence-corrected chi connectivity index (χ1v) is 8.84. The zero-order valence-corrected chi connectivity index (χ0v) is 13.6. The van der Waals surface area contributed by atoms with Crippen molar-refractivity contribution < 1.29 is 9.59 Å². The van der Waals surface area contributed by atoms with Gasteiger partial charge in [0.25, 0.3) is 5.91 Å². The molecule has 1 aliphatic heterocycles. The zero-order valence-electron chi connectivity index (χ0n) is 13.6. The van der Waals surface area contributed by atoms with Gasteiger partial charge in [-0.3, -0.25) is 9.59 Å². The van der Waals surface area contributed by atoms with Gasteiger partial charge < -0.3 is 10.6 Å². The number of amides is 2. The summed E-state index contributed by atoms with van der Waals surface area (Å²) in [4.78, 5) is 24.0. The van der Waals surface area contributed by atoms with Crippen LogP contribution in [0.25, 0.3) is 0 Å². The van der Waals surface area contributed by atoms with Crippen molar-refractivity contribution in [2.24, 2.45) is 17.8 Å². The third-order valence-corrected chi connectivity index (χ3v) is 6.06. The molecule has 122 valence electrons. The van der Waals surface area contributed by atoms with Crippen molar-refractivity contribution in [3.05, 3.63) is 29.3 Å². The number of anilines is 1. The van der Waals surface area contributed by atoms with E-state index in [4.69, 9.17) is 0 Å². The molecule has 0 spiro atoms. The number of hydrogen-bond acceptors (Lipinski definition) is 2. The van der Waals surface area contributed by atoms with Gasteiger partial charge in [0.15, 0.2) is 0 Å². The van der Waals surface area contributed by atoms with Crippen LogP contribution in [0.3, 0.4) is 0 Å². The Bertz CT molecular complexity index is 655. The van der Waals surface area contributed by atoms with Gasteiger partial charge in [-0.1, -0.05) is 6.42 Å². The van der Waals surface area contributed by atoms with Crippen molar-refractivity contribution in [3.63, 3.8) is 0 Å². The van der Waals surface area contributed by atoms with E-state index in [0.717, 1.165) is 23.1 Å². The van der Waals surface area contributed by atoms with Gasteiger partial charge in [0, 0.05) is 23.7 Å². The molecule has 0 saturated heterocycles. The molecule has 4 nitrogen and oxygen atoms in total. The van der Waals surface area contributed by atoms with Gasteiger partial charge in [0.05, 0.1) is 0 Å². The molecular formula is C19H24N2O2. The normalized spacial score (nSPS) is 29.8. The van der Waals surface area contributed by atoms with Crippen molar-refractivity contribution in [2.45, 2.75) is 51.5 Å². The Balaban J connectivity index is 1.44. The van der Waals surface area contributed by atoms with Gasteiger partial charge in [-0.2, -0.15) is 0 Å². The minimum Gasteiger partial charge on any atom is -0.349 e. The quantitative estimate of drug-likeness (QED) is 0.901. The fourth-order valence-corrected chi connectivity index (χ4v) is 4.83. The highest BCUT2D eigenvalue weighted by Gasteiger charge is 2.42. The molecule has 0 radical (unpaired) electrons. The first-order chi connectivity index (χ1) is 11.1. The lowest BCUT2D eigenvalue weighted by molar-refractivity contribution is -0.116. The largest absolute Gasteiger partial charge is 0.349 e. The fourth-order valence-electron chi connectivity index (χ4n) is 4.83. The zero-order chi connectivity index (χ0) is 16.0. The molecular weight excluding hydrogens is 288 g/mol. The maximum atomic E-state index is 12.6. The van der Waals surface area contributed by atoms with Crippen molar-refractivity contribution in [3.8, 4) is 0 Å². The minimum absolute atomic E-state index is 0.0139. The lowest BCUT2D eigenvalue weighted by atomic mass is 9.84. The number of carbonyl (C=O) groups excluding carboxylic acids is 2. The average Bonchev–Trinajstić information content (AvgIpc) is 3.17. The first kappa shape index (κ1) is 14.7. The van der Waals surface area contributed by atoms with E-state index in [1.807, 2.05) is 18.2 Å². The van der Waals surface area contributed by atoms with Crippen LogP contribution >= 0.6 is 0 Å². The molecule has 0 aromatic heterocycles. The van der Waals surface area contributed by atoms with Crippen LogP contribution in [0.4, 0.5) is 5.69 Å². The Morgan fingerprint density at radius 2 is 2.13 bits per heavy atom. The molecule has 1 heterocycles. The minimum atomic E-state index is 0.0139. The Kier molecular flexibility index (Phi) is 3.63. The highest BCUT2D eigenvalue weighted by Crippen LogP contribution is 2.49. The maximum Gasteiger partial charge on any atom is 0.251 e. The number of rotatable bonds is 3. The maximum absolute atomic E-state index is 12.6. The monoisotopic (exact) mass is 312 g/mol. The lowest BCUT2D eigenvalue weighted by Crippen LogP contribution is -2.40. The number of aryl methyl sites for hydroxylation is 1. The molecule has 2 N–H and O–H groups in total. The molecule has 1 aromatic rings. The first-order valence-electron chi connectivity index (χ1n) is 8.84. The van der Waals surface area contributed by atoms with Gasteiger partial charge in [0.1, 0.15) is 0 Å². The van der Waals surface area contributed by atoms with Crippen molar-refractivity contribution in [1.82, 2.24) is 5.32 Å². The summed E-state index contributed by atoms with van der Waals surface area (Å²) in [6.45, 7) is 2.15. The second kappa shape index (κ2) is 5.66. The highest BCUT2D eigenvalue weighted by molar-refractivity contribution is 5.98. The van der Waals surface area contributed by atoms with Crippen LogP contribution in [-0.2, 0) is 11.2 Å². The van der Waals surface area contributed by atoms with Crippen molar-refractivity contribution in [2.75, 3.05) is 5.32 Å². The van der Waals surface area contributed by atoms with Crippen molar-refractivity contribution in [1.29, 1.82) is 0 Å². The SMILES string of the molecule is C[C@@H](NC(=O)c1ccc2c(c1)CCC(=O)N2)[C@H]1C[C@H]2CC[C@H]1C2. The number of fused-ring (bicyclic) bond motifs is 3. The van der Waals surface area contributed by atoms with E-state index in [2.05, 4.69) is 17.6 Å². The molecule has 3 aliphatic rings. The standard InChI is InChI=1S/C19H24N2O2/c1-11(16-9-12-2-3-13(16)8-12)20-19(23)15-4-6-17-14(10-15)5-7-18(22)21-17/h4,6,10-13,16H,2-3,5,7-9H2,1H3,(H,20,23)(H,21,22)/t11-,12+,13+,16-/m1/s1. The molecule has 2 fully saturated rings. The topological polar surface area (TPSA) is 58.2 Å². The molecule has 23 heavy (non-hydrogen) atoms. The van der Waals surface area contributed by atoms with Gasteiger partial charge in [-0.15, -0.1) is 0 Å². The van der Waals surface area contributed by atoms with E-state index in [0.29, 0.717) is 24.3 Å². The van der Waals surface area contributed by atoms with Gasteiger partial charge >= 0.3 is 0 Å². The molecule has 0 unspecified atom stereocenters. The van der Waals surface area contributed by atoms with E-state index in [1.54, 1.807) is 0 Å². The van der Waals surface area contributed by atoms with Crippen LogP contribution in [0.2, 0.25) is 0 Å². The summed E-state index contributed by atoms with van der Waals surface area (Å²) in [6, 6.07) is 5.84. The van der Waals surface area contributed by atoms with E-state index in [-0.39, 0.29) is 17.9 Å². The second-order valence-corrected chi connectivity index (χ2v) is 7.52. The van der Waals surface area contributed by atoms with E-state index in [9.17, 15) is 9.59 Å². The van der Waals surface area contributed by atoms with E-state index >= 15 is 0 Å². The Morgan fingerprint density at radius 3 is 2.87 bits per heavy atom. The van der Waals surface area contributed by atoms with E-state index in [1.165, 1.54) is 25.7 Å². The number of nitrogens with one attached hydrogen (secondary N) is 2. The third-order valence-electron chi connectivity index (χ3n) is 6.06. The van der Waals surface area contributed by atoms with Crippen LogP contribution in [0.15, 0.2) is 18.2 Å². The predicted octanol–water partition coefficient (Wildman–Crippen LogP) is 3.13. The molecule has 2 amide bonds. The Labute approximate surface area is 137 Å². The summed E-state index contributed by atoms with van der Waals surface area (Å²) in [7, 11) is 0. The smallest absolute Gasteiger partial charge is 0.251 e. The molecule has 4 rings (SSSR count). The van der Waals surface area contributed by atoms with Gasteiger partial charge in [-0.25, -0.2) is 0 Å². The molecule has 4 heteroatoms. The van der Waals surface area contributed by atoms with Gasteiger partial charge in [-0.05, 0) is 74.1 Å². The van der Waals surface area contributed by atoms with Crippen LogP contribution < -0.4 is 10.6 Å². The Hall–Kier alpha value is -1.84. The predicted molar refractivity (Wildman–Crippen MR) is 89.3 cm³/mol. The van der Waals surface area contributed by atoms with Crippen molar-refractivity contribution >= 4 is 17.5 Å². The summed E-state index contributed by atoms with van der Waals surface area (Å²) >= 11 is 0. The summed E-state index contributed by atoms with van der Waals surface area (Å²) in [5.41, 5.74) is 2.61. The lowest BCUT2D eigenvalue weighted by Gasteiger charge is -2.28. The van der Waals surface area contributed by atoms with Crippen LogP contribution in [0.1, 0.15) is 54.9 Å². The molecule has 2 bridgehead atoms. The number of benzene rings is 1. The number of hydrogen-bond donors (Lipinski definition) is 2. The highest BCUT2D eigenvalue weighted by atomic mass is 16.2. The summed E-state index contributed by atoms with van der Waals surface area (Å²) < 4.78 is 0. The summed E-state index contributed by atoms with van der Waals surface area (Å²) in [6.07, 6.45) is 6.59. The number of carbonyl (C=O) groups is 2. The van der Waals surface area contributed by atoms with Crippen LogP contribution in [0, 0.1) is 17.8 Å². The van der Waals surface area contributed by atoms with Crippen LogP contribution in [-0.4, -0.2) is 17.9 Å². The molecule has 2 saturated carbocycles. The second-order valence-electron chi connectivity index (χ2n) is 7.52. The molecule has 4 atom stereocenters. The Morgan fingerprint density at radius 1 is 1.26 bits per heavy atom. The van der Waals surface area contributed by atoms with E-state index < -0.39 is 0 Å². The molecule has 2 aliphatic carbocycles.